The van der Waals surface area contributed by atoms with Gasteiger partial charge in [-0.25, -0.2) is 9.97 Å². The van der Waals surface area contributed by atoms with Crippen LogP contribution < -0.4 is 10.2 Å². The van der Waals surface area contributed by atoms with Crippen molar-refractivity contribution in [3.05, 3.63) is 11.9 Å². The predicted molar refractivity (Wildman–Crippen MR) is 83.9 cm³/mol. The highest BCUT2D eigenvalue weighted by molar-refractivity contribution is 5.60. The third-order valence-corrected chi connectivity index (χ3v) is 3.61. The Hall–Kier alpha value is -1.40. The first-order chi connectivity index (χ1) is 10.1. The van der Waals surface area contributed by atoms with E-state index in [0.29, 0.717) is 12.5 Å². The molecule has 2 atom stereocenters. The molecule has 118 valence electrons. The van der Waals surface area contributed by atoms with Gasteiger partial charge >= 0.3 is 0 Å². The van der Waals surface area contributed by atoms with Crippen LogP contribution in [0.1, 0.15) is 39.2 Å². The second kappa shape index (κ2) is 7.04. The molecule has 0 aromatic carbocycles. The number of anilines is 2. The summed E-state index contributed by atoms with van der Waals surface area (Å²) < 4.78 is 5.71. The number of aliphatic hydroxyl groups excluding tert-OH is 1. The highest BCUT2D eigenvalue weighted by Gasteiger charge is 2.28. The second-order valence-corrected chi connectivity index (χ2v) is 5.80. The molecule has 6 nitrogen and oxygen atoms in total. The average Bonchev–Trinajstić information content (AvgIpc) is 2.46. The Kier molecular flexibility index (Phi) is 5.36. The fraction of sp³-hybridized carbons (Fsp3) is 0.733. The first-order valence-electron chi connectivity index (χ1n) is 7.66. The van der Waals surface area contributed by atoms with Crippen LogP contribution in [0.5, 0.6) is 0 Å². The molecule has 1 aromatic rings. The molecule has 1 aliphatic rings. The van der Waals surface area contributed by atoms with Crippen molar-refractivity contribution in [1.29, 1.82) is 0 Å². The van der Waals surface area contributed by atoms with Gasteiger partial charge in [-0.15, -0.1) is 0 Å². The van der Waals surface area contributed by atoms with Crippen LogP contribution in [0.25, 0.3) is 0 Å². The van der Waals surface area contributed by atoms with Crippen LogP contribution in [0, 0.1) is 0 Å². The fourth-order valence-electron chi connectivity index (χ4n) is 2.80. The molecule has 0 bridgehead atoms. The third-order valence-electron chi connectivity index (χ3n) is 3.61. The summed E-state index contributed by atoms with van der Waals surface area (Å²) in [5.74, 6) is 2.17. The minimum atomic E-state index is -0.161. The van der Waals surface area contributed by atoms with Gasteiger partial charge in [-0.2, -0.15) is 0 Å². The van der Waals surface area contributed by atoms with Crippen LogP contribution in [0.15, 0.2) is 6.33 Å². The van der Waals surface area contributed by atoms with Crippen molar-refractivity contribution in [3.63, 3.8) is 0 Å². The van der Waals surface area contributed by atoms with Crippen molar-refractivity contribution in [3.8, 4) is 0 Å². The quantitative estimate of drug-likeness (QED) is 0.860. The van der Waals surface area contributed by atoms with E-state index in [4.69, 9.17) is 4.74 Å². The monoisotopic (exact) mass is 294 g/mol. The Morgan fingerprint density at radius 3 is 2.81 bits per heavy atom. The van der Waals surface area contributed by atoms with Gasteiger partial charge in [0.25, 0.3) is 0 Å². The molecule has 0 aliphatic carbocycles. The van der Waals surface area contributed by atoms with Crippen molar-refractivity contribution in [2.45, 2.75) is 45.8 Å². The molecule has 1 saturated heterocycles. The molecule has 0 spiro atoms. The van der Waals surface area contributed by atoms with Gasteiger partial charge in [-0.3, -0.25) is 0 Å². The smallest absolute Gasteiger partial charge is 0.137 e. The molecule has 6 heteroatoms. The summed E-state index contributed by atoms with van der Waals surface area (Å²) in [5, 5.41) is 12.7. The summed E-state index contributed by atoms with van der Waals surface area (Å²) >= 11 is 0. The minimum Gasteiger partial charge on any atom is -0.394 e. The maximum atomic E-state index is 9.39. The Morgan fingerprint density at radius 1 is 1.43 bits per heavy atom. The van der Waals surface area contributed by atoms with Crippen LogP contribution in [0.3, 0.4) is 0 Å². The van der Waals surface area contributed by atoms with E-state index < -0.39 is 0 Å². The lowest BCUT2D eigenvalue weighted by atomic mass is 10.0. The first kappa shape index (κ1) is 16.0. The fourth-order valence-corrected chi connectivity index (χ4v) is 2.80. The molecule has 0 saturated carbocycles. The number of ether oxygens (including phenoxy) is 1. The molecule has 2 heterocycles. The standard InChI is InChI=1S/C15H26N4O2/c1-5-16-14-13(10(2)3)15(18-9-17-14)19-6-11(4)21-12(7-19)8-20/h9-12,20H,5-8H2,1-4H3,(H,16,17,18). The largest absolute Gasteiger partial charge is 0.394 e. The summed E-state index contributed by atoms with van der Waals surface area (Å²) in [4.78, 5) is 11.1. The van der Waals surface area contributed by atoms with Crippen LogP contribution in [0.4, 0.5) is 11.6 Å². The summed E-state index contributed by atoms with van der Waals surface area (Å²) in [6, 6.07) is 0. The number of aromatic nitrogens is 2. The minimum absolute atomic E-state index is 0.0308. The zero-order chi connectivity index (χ0) is 15.4. The summed E-state index contributed by atoms with van der Waals surface area (Å²) in [6.07, 6.45) is 1.52. The molecule has 2 rings (SSSR count). The number of rotatable bonds is 5. The highest BCUT2D eigenvalue weighted by Crippen LogP contribution is 2.32. The van der Waals surface area contributed by atoms with Crippen molar-refractivity contribution in [2.24, 2.45) is 0 Å². The van der Waals surface area contributed by atoms with E-state index in [9.17, 15) is 5.11 Å². The van der Waals surface area contributed by atoms with Crippen LogP contribution >= 0.6 is 0 Å². The molecular weight excluding hydrogens is 268 g/mol. The zero-order valence-electron chi connectivity index (χ0n) is 13.3. The summed E-state index contributed by atoms with van der Waals surface area (Å²) in [5.41, 5.74) is 1.13. The molecule has 1 fully saturated rings. The molecule has 0 amide bonds. The SMILES string of the molecule is CCNc1ncnc(N2CC(C)OC(CO)C2)c1C(C)C. The third kappa shape index (κ3) is 3.63. The zero-order valence-corrected chi connectivity index (χ0v) is 13.3. The van der Waals surface area contributed by atoms with Gasteiger partial charge in [0.2, 0.25) is 0 Å². The van der Waals surface area contributed by atoms with Crippen molar-refractivity contribution in [2.75, 3.05) is 36.5 Å². The number of nitrogens with zero attached hydrogens (tertiary/aromatic N) is 3. The van der Waals surface area contributed by atoms with Gasteiger partial charge in [0, 0.05) is 25.2 Å². The van der Waals surface area contributed by atoms with Gasteiger partial charge in [0.15, 0.2) is 0 Å². The summed E-state index contributed by atoms with van der Waals surface area (Å²) in [6.45, 7) is 10.7. The van der Waals surface area contributed by atoms with E-state index in [1.807, 2.05) is 6.92 Å². The lowest BCUT2D eigenvalue weighted by molar-refractivity contribution is -0.0423. The van der Waals surface area contributed by atoms with Crippen LogP contribution in [0.2, 0.25) is 0 Å². The van der Waals surface area contributed by atoms with E-state index >= 15 is 0 Å². The molecular formula is C15H26N4O2. The Morgan fingerprint density at radius 2 is 2.19 bits per heavy atom. The van der Waals surface area contributed by atoms with Gasteiger partial charge < -0.3 is 20.1 Å². The molecule has 2 unspecified atom stereocenters. The maximum Gasteiger partial charge on any atom is 0.137 e. The van der Waals surface area contributed by atoms with Crippen LogP contribution in [-0.2, 0) is 4.74 Å². The number of hydrogen-bond acceptors (Lipinski definition) is 6. The summed E-state index contributed by atoms with van der Waals surface area (Å²) in [7, 11) is 0. The Balaban J connectivity index is 2.35. The van der Waals surface area contributed by atoms with Crippen molar-refractivity contribution in [1.82, 2.24) is 9.97 Å². The molecule has 0 radical (unpaired) electrons. The first-order valence-corrected chi connectivity index (χ1v) is 7.66. The van der Waals surface area contributed by atoms with Gasteiger partial charge in [0.05, 0.1) is 18.8 Å². The normalized spacial score (nSPS) is 22.7. The Bertz CT molecular complexity index is 467. The van der Waals surface area contributed by atoms with Crippen LogP contribution in [-0.4, -0.2) is 53.5 Å². The van der Waals surface area contributed by atoms with Gasteiger partial charge in [-0.05, 0) is 19.8 Å². The van der Waals surface area contributed by atoms with E-state index in [0.717, 1.165) is 30.3 Å². The van der Waals surface area contributed by atoms with Gasteiger partial charge in [-0.1, -0.05) is 13.8 Å². The number of morpholine rings is 1. The highest BCUT2D eigenvalue weighted by atomic mass is 16.5. The Labute approximate surface area is 126 Å². The molecule has 21 heavy (non-hydrogen) atoms. The lowest BCUT2D eigenvalue weighted by Crippen LogP contribution is -2.48. The molecule has 1 aliphatic heterocycles. The average molecular weight is 294 g/mol. The number of nitrogens with one attached hydrogen (secondary N) is 1. The number of aliphatic hydroxyl groups is 1. The predicted octanol–water partition coefficient (Wildman–Crippen LogP) is 1.62. The molecule has 2 N–H and O–H groups in total. The van der Waals surface area contributed by atoms with E-state index in [-0.39, 0.29) is 18.8 Å². The van der Waals surface area contributed by atoms with Crippen molar-refractivity contribution < 1.29 is 9.84 Å². The van der Waals surface area contributed by atoms with Crippen molar-refractivity contribution >= 4 is 11.6 Å². The van der Waals surface area contributed by atoms with E-state index in [2.05, 4.69) is 41.0 Å². The maximum absolute atomic E-state index is 9.39. The number of hydrogen-bond donors (Lipinski definition) is 2. The topological polar surface area (TPSA) is 70.5 Å². The van der Waals surface area contributed by atoms with E-state index in [1.165, 1.54) is 0 Å². The van der Waals surface area contributed by atoms with E-state index in [1.54, 1.807) is 6.33 Å². The lowest BCUT2D eigenvalue weighted by Gasteiger charge is -2.38. The van der Waals surface area contributed by atoms with Gasteiger partial charge in [0.1, 0.15) is 18.0 Å². The molecule has 1 aromatic heterocycles. The second-order valence-electron chi connectivity index (χ2n) is 5.80.